The van der Waals surface area contributed by atoms with Gasteiger partial charge in [-0.15, -0.1) is 0 Å². The lowest BCUT2D eigenvalue weighted by Crippen LogP contribution is -2.46. The molecule has 3 amide bonds. The highest BCUT2D eigenvalue weighted by molar-refractivity contribution is 5.96. The molecule has 0 aliphatic heterocycles. The number of fused-ring (bicyclic) bond motifs is 1. The van der Waals surface area contributed by atoms with Crippen LogP contribution in [0.5, 0.6) is 0 Å². The maximum Gasteiger partial charge on any atom is 0.408 e. The van der Waals surface area contributed by atoms with Gasteiger partial charge in [-0.05, 0) is 63.8 Å². The number of ether oxygens (including phenoxy) is 1. The Kier molecular flexibility index (Phi) is 10.9. The highest BCUT2D eigenvalue weighted by atomic mass is 16.6. The Bertz CT molecular complexity index is 1530. The third kappa shape index (κ3) is 9.27. The third-order valence-corrected chi connectivity index (χ3v) is 6.47. The summed E-state index contributed by atoms with van der Waals surface area (Å²) >= 11 is 0. The average molecular weight is 595 g/mol. The standard InChI is InChI=1S/C31H42N6O6/c1-19(2)27(39)20-12-10-14-21-26(20)35-24(32-21)18-37-17-11-15-23(29(37)41)33-28(40)22(34-30(42)43-31(3,4)5)13-8-9-16-25(38)36(6)7/h9-12,14-17,19,22,27,39H,8,13,18H2,1-7H3,(H,32,35)(H,33,40)(H,34,42)/b16-9+/t22-,27?/m0/s1. The monoisotopic (exact) mass is 594 g/mol. The zero-order chi connectivity index (χ0) is 31.9. The van der Waals surface area contributed by atoms with Crippen LogP contribution in [0.2, 0.25) is 0 Å². The van der Waals surface area contributed by atoms with E-state index in [0.29, 0.717) is 23.3 Å². The molecular weight excluding hydrogens is 552 g/mol. The molecule has 2 heterocycles. The number of nitrogens with zero attached hydrogens (tertiary/aromatic N) is 3. The van der Waals surface area contributed by atoms with Gasteiger partial charge in [0, 0.05) is 25.9 Å². The van der Waals surface area contributed by atoms with Crippen molar-refractivity contribution in [3.63, 3.8) is 0 Å². The van der Waals surface area contributed by atoms with Crippen LogP contribution in [0, 0.1) is 5.92 Å². The summed E-state index contributed by atoms with van der Waals surface area (Å²) in [5.41, 5.74) is 0.851. The molecular formula is C31H42N6O6. The van der Waals surface area contributed by atoms with Crippen LogP contribution in [-0.4, -0.2) is 68.2 Å². The van der Waals surface area contributed by atoms with Crippen LogP contribution >= 0.6 is 0 Å². The Balaban J connectivity index is 1.80. The zero-order valence-corrected chi connectivity index (χ0v) is 25.8. The van der Waals surface area contributed by atoms with E-state index in [1.807, 2.05) is 32.0 Å². The number of carbonyl (C=O) groups is 3. The first-order chi connectivity index (χ1) is 20.2. The van der Waals surface area contributed by atoms with E-state index in [9.17, 15) is 24.3 Å². The number of H-pyrrole nitrogens is 1. The predicted molar refractivity (Wildman–Crippen MR) is 165 cm³/mol. The number of hydrogen-bond donors (Lipinski definition) is 4. The maximum atomic E-state index is 13.3. The average Bonchev–Trinajstić information content (AvgIpc) is 3.33. The maximum absolute atomic E-state index is 13.3. The molecule has 12 heteroatoms. The second kappa shape index (κ2) is 14.1. The van der Waals surface area contributed by atoms with Crippen molar-refractivity contribution in [2.45, 2.75) is 71.8 Å². The van der Waals surface area contributed by atoms with Crippen LogP contribution in [0.4, 0.5) is 10.5 Å². The summed E-state index contributed by atoms with van der Waals surface area (Å²) < 4.78 is 6.71. The Morgan fingerprint density at radius 3 is 2.53 bits per heavy atom. The number of rotatable bonds is 11. The fraction of sp³-hybridized carbons (Fsp3) is 0.452. The summed E-state index contributed by atoms with van der Waals surface area (Å²) in [7, 11) is 3.25. The van der Waals surface area contributed by atoms with Gasteiger partial charge in [-0.3, -0.25) is 14.4 Å². The number of aromatic nitrogens is 3. The van der Waals surface area contributed by atoms with Crippen LogP contribution in [0.15, 0.2) is 53.5 Å². The van der Waals surface area contributed by atoms with E-state index in [0.717, 1.165) is 5.52 Å². The molecule has 2 aromatic heterocycles. The fourth-order valence-electron chi connectivity index (χ4n) is 4.23. The molecule has 232 valence electrons. The molecule has 43 heavy (non-hydrogen) atoms. The van der Waals surface area contributed by atoms with Crippen LogP contribution in [0.25, 0.3) is 11.0 Å². The summed E-state index contributed by atoms with van der Waals surface area (Å²) in [6.07, 6.45) is 3.60. The second-order valence-electron chi connectivity index (χ2n) is 11.9. The van der Waals surface area contributed by atoms with Crippen molar-refractivity contribution in [2.24, 2.45) is 5.92 Å². The largest absolute Gasteiger partial charge is 0.444 e. The van der Waals surface area contributed by atoms with Gasteiger partial charge in [0.2, 0.25) is 11.8 Å². The molecule has 4 N–H and O–H groups in total. The minimum absolute atomic E-state index is 0.00106. The summed E-state index contributed by atoms with van der Waals surface area (Å²) in [4.78, 5) is 60.2. The van der Waals surface area contributed by atoms with Crippen molar-refractivity contribution in [3.05, 3.63) is 70.4 Å². The van der Waals surface area contributed by atoms with E-state index in [2.05, 4.69) is 20.6 Å². The van der Waals surface area contributed by atoms with Gasteiger partial charge in [0.1, 0.15) is 23.2 Å². The summed E-state index contributed by atoms with van der Waals surface area (Å²) in [6.45, 7) is 9.06. The topological polar surface area (TPSA) is 159 Å². The van der Waals surface area contributed by atoms with Crippen LogP contribution in [0.1, 0.15) is 65.0 Å². The number of aliphatic hydroxyl groups excluding tert-OH is 1. The quantitative estimate of drug-likeness (QED) is 0.246. The molecule has 0 fully saturated rings. The molecule has 0 saturated carbocycles. The molecule has 1 aromatic carbocycles. The van der Waals surface area contributed by atoms with Crippen LogP contribution < -0.4 is 16.2 Å². The first-order valence-electron chi connectivity index (χ1n) is 14.2. The van der Waals surface area contributed by atoms with E-state index in [1.54, 1.807) is 53.2 Å². The number of benzene rings is 1. The molecule has 2 atom stereocenters. The summed E-state index contributed by atoms with van der Waals surface area (Å²) in [5.74, 6) is -0.307. The molecule has 3 rings (SSSR count). The normalized spacial score (nSPS) is 13.2. The number of allylic oxidation sites excluding steroid dienone is 1. The number of aromatic amines is 1. The van der Waals surface area contributed by atoms with Gasteiger partial charge in [0.05, 0.1) is 23.7 Å². The van der Waals surface area contributed by atoms with Gasteiger partial charge in [0.25, 0.3) is 5.56 Å². The third-order valence-electron chi connectivity index (χ3n) is 6.47. The number of pyridine rings is 1. The van der Waals surface area contributed by atoms with E-state index < -0.39 is 35.3 Å². The van der Waals surface area contributed by atoms with Gasteiger partial charge in [-0.25, -0.2) is 9.78 Å². The number of alkyl carbamates (subject to hydrolysis) is 1. The number of para-hydroxylation sites is 1. The highest BCUT2D eigenvalue weighted by Crippen LogP contribution is 2.27. The molecule has 3 aromatic rings. The highest BCUT2D eigenvalue weighted by Gasteiger charge is 2.25. The minimum Gasteiger partial charge on any atom is -0.444 e. The number of aliphatic hydroxyl groups is 1. The molecule has 0 aliphatic rings. The lowest BCUT2D eigenvalue weighted by Gasteiger charge is -2.23. The number of likely N-dealkylation sites (N-methyl/N-ethyl adjacent to an activating group) is 1. The first kappa shape index (κ1) is 33.1. The fourth-order valence-corrected chi connectivity index (χ4v) is 4.23. The van der Waals surface area contributed by atoms with Crippen molar-refractivity contribution in [3.8, 4) is 0 Å². The Morgan fingerprint density at radius 1 is 1.16 bits per heavy atom. The molecule has 1 unspecified atom stereocenters. The van der Waals surface area contributed by atoms with Crippen molar-refractivity contribution in [2.75, 3.05) is 19.4 Å². The van der Waals surface area contributed by atoms with Crippen LogP contribution in [0.3, 0.4) is 0 Å². The molecule has 12 nitrogen and oxygen atoms in total. The first-order valence-corrected chi connectivity index (χ1v) is 14.2. The number of amides is 3. The van der Waals surface area contributed by atoms with E-state index in [1.165, 1.54) is 21.6 Å². The number of anilines is 1. The Morgan fingerprint density at radius 2 is 1.88 bits per heavy atom. The van der Waals surface area contributed by atoms with Crippen molar-refractivity contribution >= 4 is 34.6 Å². The zero-order valence-electron chi connectivity index (χ0n) is 25.8. The summed E-state index contributed by atoms with van der Waals surface area (Å²) in [6, 6.07) is 7.59. The number of hydrogen-bond acceptors (Lipinski definition) is 7. The summed E-state index contributed by atoms with van der Waals surface area (Å²) in [5, 5.41) is 15.8. The van der Waals surface area contributed by atoms with Crippen molar-refractivity contribution in [1.82, 2.24) is 24.8 Å². The molecule has 0 aliphatic carbocycles. The molecule has 0 saturated heterocycles. The Hall–Kier alpha value is -4.45. The minimum atomic E-state index is -1.04. The van der Waals surface area contributed by atoms with E-state index >= 15 is 0 Å². The van der Waals surface area contributed by atoms with Gasteiger partial charge >= 0.3 is 6.09 Å². The molecule has 0 radical (unpaired) electrons. The SMILES string of the molecule is CC(C)C(O)c1cccc2[nH]c(Cn3cccc(NC(=O)[C@H](CC/C=C/C(=O)N(C)C)NC(=O)OC(C)(C)C)c3=O)nc12. The van der Waals surface area contributed by atoms with E-state index in [4.69, 9.17) is 4.74 Å². The van der Waals surface area contributed by atoms with Gasteiger partial charge in [-0.2, -0.15) is 0 Å². The second-order valence-corrected chi connectivity index (χ2v) is 11.9. The number of imidazole rings is 1. The molecule has 0 bridgehead atoms. The van der Waals surface area contributed by atoms with E-state index in [-0.39, 0.29) is 30.5 Å². The number of nitrogens with one attached hydrogen (secondary N) is 3. The van der Waals surface area contributed by atoms with Gasteiger partial charge < -0.3 is 34.9 Å². The lowest BCUT2D eigenvalue weighted by molar-refractivity contribution is -0.123. The lowest BCUT2D eigenvalue weighted by atomic mass is 9.98. The Labute approximate surface area is 251 Å². The smallest absolute Gasteiger partial charge is 0.408 e. The van der Waals surface area contributed by atoms with Gasteiger partial charge in [0.15, 0.2) is 0 Å². The van der Waals surface area contributed by atoms with Gasteiger partial charge in [-0.1, -0.05) is 32.1 Å². The van der Waals surface area contributed by atoms with Crippen molar-refractivity contribution in [1.29, 1.82) is 0 Å². The molecule has 0 spiro atoms. The predicted octanol–water partition coefficient (Wildman–Crippen LogP) is 3.72. The van der Waals surface area contributed by atoms with Crippen molar-refractivity contribution < 1.29 is 24.2 Å². The van der Waals surface area contributed by atoms with Crippen LogP contribution in [-0.2, 0) is 20.9 Å². The number of carbonyl (C=O) groups excluding carboxylic acids is 3.